The Labute approximate surface area is 122 Å². The third-order valence-corrected chi connectivity index (χ3v) is 3.20. The lowest BCUT2D eigenvalue weighted by atomic mass is 9.99. The van der Waals surface area contributed by atoms with Gasteiger partial charge in [-0.2, -0.15) is 0 Å². The van der Waals surface area contributed by atoms with E-state index in [0.717, 1.165) is 0 Å². The Bertz CT molecular complexity index is 478. The summed E-state index contributed by atoms with van der Waals surface area (Å²) in [5.74, 6) is -1.21. The number of hydrogen-bond acceptors (Lipinski definition) is 3. The summed E-state index contributed by atoms with van der Waals surface area (Å²) < 4.78 is 5.25. The maximum Gasteiger partial charge on any atom is 0.326 e. The number of carboxylic acid groups (broad SMARTS) is 1. The van der Waals surface area contributed by atoms with Crippen molar-refractivity contribution in [2.24, 2.45) is 5.92 Å². The van der Waals surface area contributed by atoms with E-state index in [4.69, 9.17) is 21.4 Å². The summed E-state index contributed by atoms with van der Waals surface area (Å²) in [6.07, 6.45) is 0.659. The molecule has 1 amide bonds. The lowest BCUT2D eigenvalue weighted by molar-refractivity contribution is -0.143. The fourth-order valence-electron chi connectivity index (χ4n) is 1.60. The first-order valence-electron chi connectivity index (χ1n) is 6.34. The number of rotatable bonds is 7. The van der Waals surface area contributed by atoms with Crippen molar-refractivity contribution in [2.75, 3.05) is 6.61 Å². The van der Waals surface area contributed by atoms with Crippen LogP contribution in [0.3, 0.4) is 0 Å². The van der Waals surface area contributed by atoms with E-state index in [-0.39, 0.29) is 12.5 Å². The number of hydrogen-bond donors (Lipinski definition) is 2. The van der Waals surface area contributed by atoms with Crippen LogP contribution in [0.1, 0.15) is 20.3 Å². The molecule has 2 atom stereocenters. The number of nitrogens with one attached hydrogen (secondary N) is 1. The lowest BCUT2D eigenvalue weighted by Crippen LogP contribution is -2.46. The molecular formula is C14H18ClNO4. The number of aliphatic carboxylic acids is 1. The van der Waals surface area contributed by atoms with Crippen LogP contribution in [-0.4, -0.2) is 29.6 Å². The SMILES string of the molecule is CCC(C)[C@H](NC(=O)COc1cccc(Cl)c1)C(=O)O. The molecule has 1 aromatic carbocycles. The molecule has 6 heteroatoms. The molecule has 1 unspecified atom stereocenters. The first kappa shape index (κ1) is 16.3. The van der Waals surface area contributed by atoms with Crippen molar-refractivity contribution in [1.29, 1.82) is 0 Å². The number of carbonyl (C=O) groups is 2. The molecule has 0 fully saturated rings. The van der Waals surface area contributed by atoms with Crippen molar-refractivity contribution in [1.82, 2.24) is 5.32 Å². The van der Waals surface area contributed by atoms with Gasteiger partial charge < -0.3 is 15.2 Å². The highest BCUT2D eigenvalue weighted by molar-refractivity contribution is 6.30. The summed E-state index contributed by atoms with van der Waals surface area (Å²) in [5, 5.41) is 12.0. The summed E-state index contributed by atoms with van der Waals surface area (Å²) >= 11 is 5.79. The topological polar surface area (TPSA) is 75.6 Å². The quantitative estimate of drug-likeness (QED) is 0.810. The summed E-state index contributed by atoms with van der Waals surface area (Å²) in [5.41, 5.74) is 0. The van der Waals surface area contributed by atoms with Crippen molar-refractivity contribution >= 4 is 23.5 Å². The molecule has 0 aliphatic rings. The second-order valence-electron chi connectivity index (χ2n) is 4.52. The number of benzene rings is 1. The minimum absolute atomic E-state index is 0.150. The van der Waals surface area contributed by atoms with Gasteiger partial charge in [-0.25, -0.2) is 4.79 Å². The molecule has 110 valence electrons. The molecule has 0 aliphatic heterocycles. The maximum atomic E-state index is 11.7. The van der Waals surface area contributed by atoms with E-state index >= 15 is 0 Å². The zero-order chi connectivity index (χ0) is 15.1. The van der Waals surface area contributed by atoms with E-state index in [1.54, 1.807) is 31.2 Å². The zero-order valence-electron chi connectivity index (χ0n) is 11.4. The summed E-state index contributed by atoms with van der Waals surface area (Å²) in [6, 6.07) is 5.74. The molecule has 0 bridgehead atoms. The van der Waals surface area contributed by atoms with Gasteiger partial charge in [-0.05, 0) is 24.1 Å². The second-order valence-corrected chi connectivity index (χ2v) is 4.95. The van der Waals surface area contributed by atoms with E-state index in [2.05, 4.69) is 5.32 Å². The van der Waals surface area contributed by atoms with Gasteiger partial charge in [0.05, 0.1) is 0 Å². The fourth-order valence-corrected chi connectivity index (χ4v) is 1.78. The molecule has 0 spiro atoms. The van der Waals surface area contributed by atoms with Gasteiger partial charge in [0.2, 0.25) is 0 Å². The number of carbonyl (C=O) groups excluding carboxylic acids is 1. The zero-order valence-corrected chi connectivity index (χ0v) is 12.2. The lowest BCUT2D eigenvalue weighted by Gasteiger charge is -2.20. The Balaban J connectivity index is 2.52. The standard InChI is InChI=1S/C14H18ClNO4/c1-3-9(2)13(14(18)19)16-12(17)8-20-11-6-4-5-10(15)7-11/h4-7,9,13H,3,8H2,1-2H3,(H,16,17)(H,18,19)/t9?,13-/m0/s1. The molecule has 0 aliphatic carbocycles. The van der Waals surface area contributed by atoms with Gasteiger partial charge in [-0.3, -0.25) is 4.79 Å². The van der Waals surface area contributed by atoms with Crippen molar-refractivity contribution in [3.05, 3.63) is 29.3 Å². The second kappa shape index (κ2) is 7.75. The fraction of sp³-hybridized carbons (Fsp3) is 0.429. The first-order chi connectivity index (χ1) is 9.43. The minimum Gasteiger partial charge on any atom is -0.484 e. The maximum absolute atomic E-state index is 11.7. The van der Waals surface area contributed by atoms with Crippen molar-refractivity contribution < 1.29 is 19.4 Å². The van der Waals surface area contributed by atoms with E-state index < -0.39 is 17.9 Å². The molecule has 1 rings (SSSR count). The third kappa shape index (κ3) is 5.09. The van der Waals surface area contributed by atoms with Crippen LogP contribution < -0.4 is 10.1 Å². The van der Waals surface area contributed by atoms with Gasteiger partial charge in [0, 0.05) is 5.02 Å². The molecule has 0 heterocycles. The predicted octanol–water partition coefficient (Wildman–Crippen LogP) is 2.33. The molecule has 0 saturated heterocycles. The number of carboxylic acids is 1. The van der Waals surface area contributed by atoms with Gasteiger partial charge in [0.15, 0.2) is 6.61 Å². The van der Waals surface area contributed by atoms with Gasteiger partial charge in [-0.15, -0.1) is 0 Å². The first-order valence-corrected chi connectivity index (χ1v) is 6.72. The molecular weight excluding hydrogens is 282 g/mol. The molecule has 0 saturated carbocycles. The van der Waals surface area contributed by atoms with E-state index in [9.17, 15) is 9.59 Å². The average Bonchev–Trinajstić information content (AvgIpc) is 2.41. The van der Waals surface area contributed by atoms with Crippen LogP contribution in [0.2, 0.25) is 5.02 Å². The normalized spacial score (nSPS) is 13.3. The molecule has 0 radical (unpaired) electrons. The Morgan fingerprint density at radius 1 is 1.45 bits per heavy atom. The molecule has 20 heavy (non-hydrogen) atoms. The van der Waals surface area contributed by atoms with Crippen LogP contribution in [0.25, 0.3) is 0 Å². The van der Waals surface area contributed by atoms with Gasteiger partial charge in [-0.1, -0.05) is 37.9 Å². The van der Waals surface area contributed by atoms with Crippen molar-refractivity contribution in [2.45, 2.75) is 26.3 Å². The highest BCUT2D eigenvalue weighted by Gasteiger charge is 2.25. The Morgan fingerprint density at radius 2 is 2.15 bits per heavy atom. The van der Waals surface area contributed by atoms with Crippen LogP contribution >= 0.6 is 11.6 Å². The van der Waals surface area contributed by atoms with E-state index in [1.807, 2.05) is 6.92 Å². The summed E-state index contributed by atoms with van der Waals surface area (Å²) in [7, 11) is 0. The van der Waals surface area contributed by atoms with E-state index in [1.165, 1.54) is 0 Å². The monoisotopic (exact) mass is 299 g/mol. The molecule has 1 aromatic rings. The van der Waals surface area contributed by atoms with Crippen LogP contribution in [0.5, 0.6) is 5.75 Å². The predicted molar refractivity (Wildman–Crippen MR) is 76.0 cm³/mol. The molecule has 5 nitrogen and oxygen atoms in total. The van der Waals surface area contributed by atoms with Crippen LogP contribution in [0.15, 0.2) is 24.3 Å². The third-order valence-electron chi connectivity index (χ3n) is 2.96. The van der Waals surface area contributed by atoms with Crippen molar-refractivity contribution in [3.8, 4) is 5.75 Å². The summed E-state index contributed by atoms with van der Waals surface area (Å²) in [6.45, 7) is 3.40. The minimum atomic E-state index is -1.05. The van der Waals surface area contributed by atoms with Crippen molar-refractivity contribution in [3.63, 3.8) is 0 Å². The number of amides is 1. The smallest absolute Gasteiger partial charge is 0.326 e. The summed E-state index contributed by atoms with van der Waals surface area (Å²) in [4.78, 5) is 22.8. The number of halogens is 1. The Morgan fingerprint density at radius 3 is 2.70 bits per heavy atom. The highest BCUT2D eigenvalue weighted by atomic mass is 35.5. The molecule has 0 aromatic heterocycles. The average molecular weight is 300 g/mol. The van der Waals surface area contributed by atoms with Crippen LogP contribution in [0, 0.1) is 5.92 Å². The number of ether oxygens (including phenoxy) is 1. The van der Waals surface area contributed by atoms with Gasteiger partial charge in [0.1, 0.15) is 11.8 Å². The van der Waals surface area contributed by atoms with Crippen LogP contribution in [0.4, 0.5) is 0 Å². The Hall–Kier alpha value is -1.75. The molecule has 2 N–H and O–H groups in total. The van der Waals surface area contributed by atoms with Gasteiger partial charge in [0.25, 0.3) is 5.91 Å². The van der Waals surface area contributed by atoms with Gasteiger partial charge >= 0.3 is 5.97 Å². The Kier molecular flexibility index (Phi) is 6.31. The van der Waals surface area contributed by atoms with Crippen LogP contribution in [-0.2, 0) is 9.59 Å². The highest BCUT2D eigenvalue weighted by Crippen LogP contribution is 2.17. The largest absolute Gasteiger partial charge is 0.484 e. The van der Waals surface area contributed by atoms with E-state index in [0.29, 0.717) is 17.2 Å².